The van der Waals surface area contributed by atoms with E-state index in [1.165, 1.54) is 43.1 Å². The van der Waals surface area contributed by atoms with E-state index in [0.717, 1.165) is 5.56 Å². The van der Waals surface area contributed by atoms with Crippen LogP contribution in [0.4, 0.5) is 4.39 Å². The topological polar surface area (TPSA) is 75.5 Å². The maximum absolute atomic E-state index is 13.0. The van der Waals surface area contributed by atoms with E-state index < -0.39 is 0 Å². The molecule has 0 aliphatic rings. The third-order valence-electron chi connectivity index (χ3n) is 4.26. The first-order chi connectivity index (χ1) is 14.0. The molecule has 0 aliphatic heterocycles. The summed E-state index contributed by atoms with van der Waals surface area (Å²) in [6.07, 6.45) is 0. The zero-order chi connectivity index (χ0) is 21.0. The van der Waals surface area contributed by atoms with Crippen molar-refractivity contribution in [3.05, 3.63) is 47.8 Å². The Kier molecular flexibility index (Phi) is 6.38. The Labute approximate surface area is 171 Å². The molecule has 0 N–H and O–H groups in total. The fourth-order valence-electron chi connectivity index (χ4n) is 2.75. The molecule has 7 nitrogen and oxygen atoms in total. The average molecular weight is 417 g/mol. The van der Waals surface area contributed by atoms with Gasteiger partial charge in [0, 0.05) is 18.2 Å². The molecule has 0 atom stereocenters. The Balaban J connectivity index is 1.82. The third-order valence-corrected chi connectivity index (χ3v) is 5.28. The van der Waals surface area contributed by atoms with E-state index in [4.69, 9.17) is 14.2 Å². The zero-order valence-corrected chi connectivity index (χ0v) is 17.2. The minimum Gasteiger partial charge on any atom is -0.493 e. The van der Waals surface area contributed by atoms with E-state index in [1.54, 1.807) is 30.9 Å². The molecular weight excluding hydrogens is 397 g/mol. The molecule has 0 unspecified atom stereocenters. The number of aromatic nitrogens is 3. The molecule has 0 bridgehead atoms. The predicted octanol–water partition coefficient (Wildman–Crippen LogP) is 3.62. The molecule has 0 saturated carbocycles. The summed E-state index contributed by atoms with van der Waals surface area (Å²) in [6, 6.07) is 9.03. The molecule has 1 aromatic heterocycles. The number of benzene rings is 2. The number of rotatable bonds is 8. The van der Waals surface area contributed by atoms with Gasteiger partial charge in [0.25, 0.3) is 0 Å². The van der Waals surface area contributed by atoms with Crippen LogP contribution in [-0.2, 0) is 7.05 Å². The van der Waals surface area contributed by atoms with E-state index in [-0.39, 0.29) is 17.4 Å². The van der Waals surface area contributed by atoms with Crippen LogP contribution in [0.1, 0.15) is 10.4 Å². The molecule has 9 heteroatoms. The number of carbonyl (C=O) groups excluding carboxylic acids is 1. The number of nitrogens with zero attached hydrogens (tertiary/aromatic N) is 3. The number of ketones is 1. The third kappa shape index (κ3) is 4.34. The Morgan fingerprint density at radius 2 is 1.66 bits per heavy atom. The van der Waals surface area contributed by atoms with E-state index in [9.17, 15) is 9.18 Å². The second-order valence-corrected chi connectivity index (χ2v) is 6.94. The van der Waals surface area contributed by atoms with Gasteiger partial charge in [0.1, 0.15) is 5.82 Å². The van der Waals surface area contributed by atoms with Crippen LogP contribution in [0, 0.1) is 5.82 Å². The highest BCUT2D eigenvalue weighted by atomic mass is 32.2. The van der Waals surface area contributed by atoms with Crippen LogP contribution in [0.2, 0.25) is 0 Å². The van der Waals surface area contributed by atoms with Gasteiger partial charge in [-0.2, -0.15) is 0 Å². The number of hydrogen-bond donors (Lipinski definition) is 0. The van der Waals surface area contributed by atoms with Gasteiger partial charge in [-0.1, -0.05) is 11.8 Å². The molecule has 152 valence electrons. The monoisotopic (exact) mass is 417 g/mol. The van der Waals surface area contributed by atoms with Crippen molar-refractivity contribution in [2.24, 2.45) is 7.05 Å². The fraction of sp³-hybridized carbons (Fsp3) is 0.250. The zero-order valence-electron chi connectivity index (χ0n) is 16.4. The van der Waals surface area contributed by atoms with E-state index in [2.05, 4.69) is 10.2 Å². The smallest absolute Gasteiger partial charge is 0.203 e. The van der Waals surface area contributed by atoms with Crippen LogP contribution in [0.5, 0.6) is 17.2 Å². The van der Waals surface area contributed by atoms with Gasteiger partial charge >= 0.3 is 0 Å². The molecule has 0 aliphatic carbocycles. The van der Waals surface area contributed by atoms with Crippen molar-refractivity contribution < 1.29 is 23.4 Å². The van der Waals surface area contributed by atoms with Gasteiger partial charge < -0.3 is 18.8 Å². The second kappa shape index (κ2) is 8.95. The highest BCUT2D eigenvalue weighted by Gasteiger charge is 2.19. The van der Waals surface area contributed by atoms with Gasteiger partial charge in [0.2, 0.25) is 5.75 Å². The van der Waals surface area contributed by atoms with Crippen molar-refractivity contribution in [3.8, 4) is 28.6 Å². The van der Waals surface area contributed by atoms with Crippen LogP contribution < -0.4 is 14.2 Å². The van der Waals surface area contributed by atoms with Gasteiger partial charge in [-0.25, -0.2) is 4.39 Å². The molecule has 3 rings (SSSR count). The van der Waals surface area contributed by atoms with Gasteiger partial charge in [-0.05, 0) is 36.4 Å². The first-order valence-corrected chi connectivity index (χ1v) is 9.58. The maximum Gasteiger partial charge on any atom is 0.203 e. The maximum atomic E-state index is 13.0. The molecule has 0 spiro atoms. The Morgan fingerprint density at radius 3 is 2.21 bits per heavy atom. The van der Waals surface area contributed by atoms with E-state index in [0.29, 0.717) is 33.8 Å². The summed E-state index contributed by atoms with van der Waals surface area (Å²) in [4.78, 5) is 12.3. The lowest BCUT2D eigenvalue weighted by atomic mass is 10.1. The van der Waals surface area contributed by atoms with Crippen molar-refractivity contribution in [2.45, 2.75) is 5.16 Å². The molecule has 2 aromatic carbocycles. The lowest BCUT2D eigenvalue weighted by Crippen LogP contribution is -2.04. The Morgan fingerprint density at radius 1 is 1.03 bits per heavy atom. The van der Waals surface area contributed by atoms with Gasteiger partial charge in [0.15, 0.2) is 28.3 Å². The molecule has 0 radical (unpaired) electrons. The van der Waals surface area contributed by atoms with Crippen molar-refractivity contribution in [2.75, 3.05) is 27.1 Å². The lowest BCUT2D eigenvalue weighted by Gasteiger charge is -2.14. The van der Waals surface area contributed by atoms with Gasteiger partial charge in [0.05, 0.1) is 27.1 Å². The van der Waals surface area contributed by atoms with Crippen LogP contribution in [0.3, 0.4) is 0 Å². The van der Waals surface area contributed by atoms with Crippen molar-refractivity contribution in [1.82, 2.24) is 14.8 Å². The first kappa shape index (κ1) is 20.7. The van der Waals surface area contributed by atoms with E-state index in [1.807, 2.05) is 7.05 Å². The minimum atomic E-state index is -0.377. The molecular formula is C20H20FN3O4S. The SMILES string of the molecule is COc1cc(-c2nnc(SCC(=O)c3ccc(F)cc3)n2C)cc(OC)c1OC. The summed E-state index contributed by atoms with van der Waals surface area (Å²) >= 11 is 1.26. The summed E-state index contributed by atoms with van der Waals surface area (Å²) in [5, 5.41) is 8.98. The van der Waals surface area contributed by atoms with Crippen LogP contribution in [0.15, 0.2) is 41.6 Å². The van der Waals surface area contributed by atoms with Crippen LogP contribution in [0.25, 0.3) is 11.4 Å². The predicted molar refractivity (Wildman–Crippen MR) is 108 cm³/mol. The number of Topliss-reactive ketones (excluding diaryl/α,β-unsaturated/α-hetero) is 1. The first-order valence-electron chi connectivity index (χ1n) is 8.59. The normalized spacial score (nSPS) is 10.7. The number of methoxy groups -OCH3 is 3. The van der Waals surface area contributed by atoms with Crippen molar-refractivity contribution in [3.63, 3.8) is 0 Å². The molecule has 3 aromatic rings. The number of carbonyl (C=O) groups is 1. The molecule has 0 amide bonds. The Bertz CT molecular complexity index is 996. The lowest BCUT2D eigenvalue weighted by molar-refractivity contribution is 0.102. The van der Waals surface area contributed by atoms with Gasteiger partial charge in [-0.3, -0.25) is 4.79 Å². The van der Waals surface area contributed by atoms with Crippen LogP contribution >= 0.6 is 11.8 Å². The average Bonchev–Trinajstić information content (AvgIpc) is 3.11. The number of hydrogen-bond acceptors (Lipinski definition) is 7. The Hall–Kier alpha value is -3.07. The van der Waals surface area contributed by atoms with Crippen molar-refractivity contribution >= 4 is 17.5 Å². The summed E-state index contributed by atoms with van der Waals surface area (Å²) in [7, 11) is 6.43. The quantitative estimate of drug-likeness (QED) is 0.409. The standard InChI is InChI=1S/C20H20FN3O4S/c1-24-19(13-9-16(26-2)18(28-4)17(10-13)27-3)22-23-20(24)29-11-15(25)12-5-7-14(21)8-6-12/h5-10H,11H2,1-4H3. The number of ether oxygens (including phenoxy) is 3. The second-order valence-electron chi connectivity index (χ2n) is 6.00. The largest absolute Gasteiger partial charge is 0.493 e. The number of halogens is 1. The van der Waals surface area contributed by atoms with Gasteiger partial charge in [-0.15, -0.1) is 10.2 Å². The van der Waals surface area contributed by atoms with E-state index >= 15 is 0 Å². The summed E-state index contributed by atoms with van der Waals surface area (Å²) in [5.41, 5.74) is 1.18. The van der Waals surface area contributed by atoms with Crippen LogP contribution in [-0.4, -0.2) is 47.6 Å². The molecule has 29 heavy (non-hydrogen) atoms. The summed E-state index contributed by atoms with van der Waals surface area (Å²) in [6.45, 7) is 0. The summed E-state index contributed by atoms with van der Waals surface area (Å²) < 4.78 is 30.9. The molecule has 0 saturated heterocycles. The summed E-state index contributed by atoms with van der Waals surface area (Å²) in [5.74, 6) is 1.75. The highest BCUT2D eigenvalue weighted by Crippen LogP contribution is 2.41. The van der Waals surface area contributed by atoms with Crippen molar-refractivity contribution in [1.29, 1.82) is 0 Å². The minimum absolute atomic E-state index is 0.118. The fourth-order valence-corrected chi connectivity index (χ4v) is 3.56. The number of thioether (sulfide) groups is 1. The molecule has 1 heterocycles. The highest BCUT2D eigenvalue weighted by molar-refractivity contribution is 7.99. The molecule has 0 fully saturated rings.